The fraction of sp³-hybridized carbons (Fsp3) is 0.500. The first-order valence-corrected chi connectivity index (χ1v) is 5.50. The minimum Gasteiger partial charge on any atom is -0.394 e. The van der Waals surface area contributed by atoms with Crippen LogP contribution in [0.2, 0.25) is 0 Å². The highest BCUT2D eigenvalue weighted by atomic mass is 16.5. The number of nitrogens with two attached hydrogens (primary N) is 1. The van der Waals surface area contributed by atoms with Gasteiger partial charge in [0.2, 0.25) is 5.95 Å². The van der Waals surface area contributed by atoms with Gasteiger partial charge in [-0.05, 0) is 0 Å². The number of hydrogen-bond acceptors (Lipinski definition) is 7. The molecule has 9 nitrogen and oxygen atoms in total. The molecule has 0 radical (unpaired) electrons. The van der Waals surface area contributed by atoms with Crippen LogP contribution in [0.15, 0.2) is 11.1 Å². The lowest BCUT2D eigenvalue weighted by atomic mass is 10.2. The van der Waals surface area contributed by atoms with Crippen molar-refractivity contribution >= 4 is 17.1 Å². The van der Waals surface area contributed by atoms with Crippen LogP contribution in [0.3, 0.4) is 0 Å². The third-order valence-electron chi connectivity index (χ3n) is 2.91. The van der Waals surface area contributed by atoms with Crippen LogP contribution in [0.4, 0.5) is 5.95 Å². The first kappa shape index (κ1) is 9.89. The van der Waals surface area contributed by atoms with Crippen molar-refractivity contribution in [1.29, 1.82) is 0 Å². The Morgan fingerprint density at radius 3 is 3.26 bits per heavy atom. The van der Waals surface area contributed by atoms with Crippen molar-refractivity contribution in [1.82, 2.24) is 19.5 Å². The maximum Gasteiger partial charge on any atom is 0.280 e. The molecule has 1 unspecified atom stereocenters. The highest BCUT2D eigenvalue weighted by Crippen LogP contribution is 2.30. The molecule has 19 heavy (non-hydrogen) atoms. The molecule has 5 N–H and O–H groups in total. The van der Waals surface area contributed by atoms with Gasteiger partial charge in [-0.2, -0.15) is 4.98 Å². The third kappa shape index (κ3) is 1.87. The van der Waals surface area contributed by atoms with E-state index >= 15 is 0 Å². The fourth-order valence-corrected chi connectivity index (χ4v) is 2.03. The number of imidazole rings is 1. The second-order valence-electron chi connectivity index (χ2n) is 4.13. The maximum atomic E-state index is 11.7. The maximum absolute atomic E-state index is 11.7. The minimum atomic E-state index is -2.13. The van der Waals surface area contributed by atoms with Crippen molar-refractivity contribution in [2.75, 3.05) is 12.3 Å². The highest BCUT2D eigenvalue weighted by molar-refractivity contribution is 5.70. The average Bonchev–Trinajstić information content (AvgIpc) is 2.89. The van der Waals surface area contributed by atoms with E-state index in [4.69, 9.17) is 13.2 Å². The fourth-order valence-electron chi connectivity index (χ4n) is 2.03. The van der Waals surface area contributed by atoms with E-state index in [1.807, 2.05) is 0 Å². The summed E-state index contributed by atoms with van der Waals surface area (Å²) in [5.41, 5.74) is 5.13. The molecule has 0 aliphatic carbocycles. The summed E-state index contributed by atoms with van der Waals surface area (Å²) in [4.78, 5) is 21.8. The van der Waals surface area contributed by atoms with E-state index in [1.165, 1.54) is 10.9 Å². The van der Waals surface area contributed by atoms with Crippen molar-refractivity contribution in [3.8, 4) is 0 Å². The molecule has 1 saturated heterocycles. The molecule has 3 rings (SSSR count). The number of H-pyrrole nitrogens is 1. The summed E-state index contributed by atoms with van der Waals surface area (Å²) < 4.78 is 21.6. The van der Waals surface area contributed by atoms with Gasteiger partial charge in [-0.25, -0.2) is 4.98 Å². The summed E-state index contributed by atoms with van der Waals surface area (Å²) >= 11 is 0. The molecule has 1 aliphatic heterocycles. The number of hydrogen-bond donors (Lipinski definition) is 4. The second-order valence-corrected chi connectivity index (χ2v) is 4.13. The Morgan fingerprint density at radius 1 is 1.79 bits per heavy atom. The Bertz CT molecular complexity index is 743. The summed E-state index contributed by atoms with van der Waals surface area (Å²) in [5, 5.41) is 19.1. The zero-order valence-electron chi connectivity index (χ0n) is 11.6. The molecule has 0 saturated carbocycles. The van der Waals surface area contributed by atoms with Crippen molar-refractivity contribution in [2.24, 2.45) is 0 Å². The van der Waals surface area contributed by atoms with Crippen LogP contribution in [0.1, 0.15) is 15.4 Å². The van der Waals surface area contributed by atoms with E-state index in [-0.39, 0.29) is 23.5 Å². The molecule has 2 aromatic heterocycles. The number of rotatable bonds is 2. The summed E-state index contributed by atoms with van der Waals surface area (Å²) in [5.74, 6) is -0.106. The zero-order valence-corrected chi connectivity index (χ0v) is 9.65. The molecule has 0 spiro atoms. The lowest BCUT2D eigenvalue weighted by Crippen LogP contribution is -2.24. The molecule has 2 aromatic rings. The standard InChI is InChI=1S/C10H13N5O4/c11-10-13-8-7(9(18)14-10)12-3-15(8)6-1-4(17)5(2-16)19-6/h3-6,16-17H,1-2H2,(H3,11,13,14,18)/t4-,5+,6+/m0/s1/i2D,4D/t2?,4-,5+,6+. The minimum absolute atomic E-state index is 0.0381. The van der Waals surface area contributed by atoms with Gasteiger partial charge in [-0.1, -0.05) is 0 Å². The number of nitrogens with one attached hydrogen (secondary N) is 1. The first-order chi connectivity index (χ1) is 9.79. The smallest absolute Gasteiger partial charge is 0.280 e. The Hall–Kier alpha value is -1.97. The van der Waals surface area contributed by atoms with Gasteiger partial charge in [0.15, 0.2) is 11.2 Å². The van der Waals surface area contributed by atoms with E-state index in [0.29, 0.717) is 0 Å². The zero-order chi connectivity index (χ0) is 15.4. The number of nitrogen functional groups attached to an aromatic ring is 1. The van der Waals surface area contributed by atoms with Crippen LogP contribution in [0.25, 0.3) is 11.2 Å². The van der Waals surface area contributed by atoms with Crippen molar-refractivity contribution in [3.05, 3.63) is 16.7 Å². The summed E-state index contributed by atoms with van der Waals surface area (Å²) in [6.45, 7) is -1.77. The monoisotopic (exact) mass is 269 g/mol. The Balaban J connectivity index is 2.05. The molecule has 0 aromatic carbocycles. The molecule has 102 valence electrons. The Kier molecular flexibility index (Phi) is 2.24. The molecule has 0 bridgehead atoms. The molecule has 1 aliphatic rings. The van der Waals surface area contributed by atoms with E-state index in [9.17, 15) is 15.0 Å². The van der Waals surface area contributed by atoms with Crippen LogP contribution in [-0.2, 0) is 4.74 Å². The van der Waals surface area contributed by atoms with Crippen LogP contribution in [0, 0.1) is 0 Å². The first-order valence-electron chi connectivity index (χ1n) is 6.58. The number of aromatic amines is 1. The van der Waals surface area contributed by atoms with Crippen LogP contribution in [-0.4, -0.2) is 48.5 Å². The molecule has 1 fully saturated rings. The Morgan fingerprint density at radius 2 is 2.58 bits per heavy atom. The SMILES string of the molecule is [2H]C(O)[C@H]1O[C@@H](n2cnc3c(=O)[nH]c(N)nc32)C[C@]1([2H])O. The molecule has 9 heteroatoms. The molecule has 0 amide bonds. The van der Waals surface area contributed by atoms with Crippen molar-refractivity contribution in [3.63, 3.8) is 0 Å². The van der Waals surface area contributed by atoms with E-state index < -0.39 is 30.6 Å². The largest absolute Gasteiger partial charge is 0.394 e. The topological polar surface area (TPSA) is 139 Å². The van der Waals surface area contributed by atoms with Crippen LogP contribution in [0.5, 0.6) is 0 Å². The van der Waals surface area contributed by atoms with Gasteiger partial charge >= 0.3 is 0 Å². The predicted octanol–water partition coefficient (Wildman–Crippen LogP) is -1.66. The van der Waals surface area contributed by atoms with Crippen molar-refractivity contribution < 1.29 is 17.7 Å². The molecular weight excluding hydrogens is 254 g/mol. The highest BCUT2D eigenvalue weighted by Gasteiger charge is 2.35. The van der Waals surface area contributed by atoms with Gasteiger partial charge in [0.1, 0.15) is 12.3 Å². The number of fused-ring (bicyclic) bond motifs is 1. The Labute approximate surface area is 109 Å². The van der Waals surface area contributed by atoms with Crippen molar-refractivity contribution in [2.45, 2.75) is 24.8 Å². The number of aliphatic hydroxyl groups is 2. The summed E-state index contributed by atoms with van der Waals surface area (Å²) in [6.07, 6.45) is -3.37. The van der Waals surface area contributed by atoms with Gasteiger partial charge in [0, 0.05) is 6.42 Å². The molecule has 4 atom stereocenters. The number of nitrogens with zero attached hydrogens (tertiary/aromatic N) is 3. The summed E-state index contributed by atoms with van der Waals surface area (Å²) in [6, 6.07) is 0. The lowest BCUT2D eigenvalue weighted by molar-refractivity contribution is -0.0432. The number of anilines is 1. The molecular formula is C10H13N5O4. The van der Waals surface area contributed by atoms with Crippen LogP contribution < -0.4 is 11.3 Å². The average molecular weight is 269 g/mol. The van der Waals surface area contributed by atoms with E-state index in [2.05, 4.69) is 15.0 Å². The third-order valence-corrected chi connectivity index (χ3v) is 2.91. The van der Waals surface area contributed by atoms with Crippen LogP contribution >= 0.6 is 0 Å². The second kappa shape index (κ2) is 4.30. The summed E-state index contributed by atoms with van der Waals surface area (Å²) in [7, 11) is 0. The normalized spacial score (nSPS) is 34.2. The quantitative estimate of drug-likeness (QED) is 0.511. The van der Waals surface area contributed by atoms with Gasteiger partial charge in [-0.15, -0.1) is 0 Å². The van der Waals surface area contributed by atoms with Gasteiger partial charge in [0.05, 0.1) is 21.7 Å². The lowest BCUT2D eigenvalue weighted by Gasteiger charge is -2.13. The van der Waals surface area contributed by atoms with Gasteiger partial charge in [0.25, 0.3) is 5.56 Å². The molecule has 3 heterocycles. The predicted molar refractivity (Wildman–Crippen MR) is 64.2 cm³/mol. The number of aromatic nitrogens is 4. The number of ether oxygens (including phenoxy) is 1. The van der Waals surface area contributed by atoms with Gasteiger partial charge in [-0.3, -0.25) is 14.3 Å². The van der Waals surface area contributed by atoms with Gasteiger partial charge < -0.3 is 20.7 Å². The number of aliphatic hydroxyl groups excluding tert-OH is 1. The van der Waals surface area contributed by atoms with E-state index in [0.717, 1.165) is 0 Å². The van der Waals surface area contributed by atoms with E-state index in [1.54, 1.807) is 0 Å².